The zero-order valence-corrected chi connectivity index (χ0v) is 13.2. The second kappa shape index (κ2) is 5.79. The van der Waals surface area contributed by atoms with Crippen LogP contribution < -0.4 is 5.32 Å². The second-order valence-corrected chi connectivity index (χ2v) is 7.06. The maximum Gasteiger partial charge on any atom is 0.261 e. The summed E-state index contributed by atoms with van der Waals surface area (Å²) in [6.45, 7) is 3.53. The number of carbonyl (C=O) groups is 2. The SMILES string of the molecule is CCN1C(=O)CC[C@]2(CNC(=O)c3cccs3)CCC[C@@H]12. The summed E-state index contributed by atoms with van der Waals surface area (Å²) in [6.07, 6.45) is 4.89. The smallest absolute Gasteiger partial charge is 0.261 e. The number of carbonyl (C=O) groups excluding carboxylic acids is 2. The molecule has 0 radical (unpaired) electrons. The summed E-state index contributed by atoms with van der Waals surface area (Å²) in [5, 5.41) is 5.03. The van der Waals surface area contributed by atoms with Crippen LogP contribution in [0.15, 0.2) is 17.5 Å². The third-order valence-electron chi connectivity index (χ3n) is 5.08. The van der Waals surface area contributed by atoms with E-state index < -0.39 is 0 Å². The number of piperidine rings is 1. The molecule has 4 nitrogen and oxygen atoms in total. The van der Waals surface area contributed by atoms with Crippen molar-refractivity contribution in [2.45, 2.75) is 45.1 Å². The molecule has 0 spiro atoms. The van der Waals surface area contributed by atoms with Crippen LogP contribution in [-0.4, -0.2) is 35.8 Å². The molecule has 0 bridgehead atoms. The van der Waals surface area contributed by atoms with Crippen molar-refractivity contribution in [2.75, 3.05) is 13.1 Å². The van der Waals surface area contributed by atoms with Crippen molar-refractivity contribution in [2.24, 2.45) is 5.41 Å². The van der Waals surface area contributed by atoms with Gasteiger partial charge in [-0.1, -0.05) is 12.5 Å². The fourth-order valence-corrected chi connectivity index (χ4v) is 4.65. The summed E-state index contributed by atoms with van der Waals surface area (Å²) in [6, 6.07) is 4.06. The molecule has 2 amide bonds. The minimum absolute atomic E-state index is 0.0185. The van der Waals surface area contributed by atoms with E-state index in [-0.39, 0.29) is 17.2 Å². The van der Waals surface area contributed by atoms with Crippen LogP contribution in [0.4, 0.5) is 0 Å². The first-order chi connectivity index (χ1) is 10.2. The highest BCUT2D eigenvalue weighted by molar-refractivity contribution is 7.12. The van der Waals surface area contributed by atoms with E-state index >= 15 is 0 Å². The predicted molar refractivity (Wildman–Crippen MR) is 83.3 cm³/mol. The molecule has 2 heterocycles. The van der Waals surface area contributed by atoms with Gasteiger partial charge in [0.15, 0.2) is 0 Å². The van der Waals surface area contributed by atoms with Crippen molar-refractivity contribution >= 4 is 23.2 Å². The number of rotatable bonds is 4. The van der Waals surface area contributed by atoms with Gasteiger partial charge < -0.3 is 10.2 Å². The number of hydrogen-bond acceptors (Lipinski definition) is 3. The van der Waals surface area contributed by atoms with Crippen LogP contribution in [0.25, 0.3) is 0 Å². The van der Waals surface area contributed by atoms with E-state index in [2.05, 4.69) is 12.2 Å². The van der Waals surface area contributed by atoms with Crippen molar-refractivity contribution in [1.29, 1.82) is 0 Å². The highest BCUT2D eigenvalue weighted by atomic mass is 32.1. The van der Waals surface area contributed by atoms with Crippen LogP contribution in [0.1, 0.15) is 48.7 Å². The molecule has 2 aliphatic rings. The summed E-state index contributed by atoms with van der Waals surface area (Å²) in [4.78, 5) is 27.0. The minimum atomic E-state index is 0.0185. The van der Waals surface area contributed by atoms with E-state index in [1.165, 1.54) is 11.3 Å². The number of amides is 2. The molecular weight excluding hydrogens is 284 g/mol. The Balaban J connectivity index is 1.71. The van der Waals surface area contributed by atoms with Crippen molar-refractivity contribution in [3.05, 3.63) is 22.4 Å². The van der Waals surface area contributed by atoms with Crippen LogP contribution in [-0.2, 0) is 4.79 Å². The van der Waals surface area contributed by atoms with Crippen molar-refractivity contribution in [3.63, 3.8) is 0 Å². The van der Waals surface area contributed by atoms with E-state index in [4.69, 9.17) is 0 Å². The number of thiophene rings is 1. The summed E-state index contributed by atoms with van der Waals surface area (Å²) in [5.41, 5.74) is 0.0941. The summed E-state index contributed by atoms with van der Waals surface area (Å²) < 4.78 is 0. The van der Waals surface area contributed by atoms with Gasteiger partial charge in [0.2, 0.25) is 5.91 Å². The Kier molecular flexibility index (Phi) is 4.02. The van der Waals surface area contributed by atoms with Crippen LogP contribution >= 0.6 is 11.3 Å². The Morgan fingerprint density at radius 3 is 3.10 bits per heavy atom. The van der Waals surface area contributed by atoms with Gasteiger partial charge in [0, 0.05) is 31.0 Å². The van der Waals surface area contributed by atoms with Crippen LogP contribution in [0, 0.1) is 5.41 Å². The third kappa shape index (κ3) is 2.59. The van der Waals surface area contributed by atoms with E-state index in [0.29, 0.717) is 19.0 Å². The topological polar surface area (TPSA) is 49.4 Å². The van der Waals surface area contributed by atoms with Gasteiger partial charge in [0.1, 0.15) is 0 Å². The van der Waals surface area contributed by atoms with Crippen molar-refractivity contribution in [1.82, 2.24) is 10.2 Å². The molecule has 1 aromatic heterocycles. The van der Waals surface area contributed by atoms with Gasteiger partial charge in [-0.25, -0.2) is 0 Å². The van der Waals surface area contributed by atoms with Gasteiger partial charge in [0.05, 0.1) is 4.88 Å². The standard InChI is InChI=1S/C16H22N2O2S/c1-2-18-13-6-3-8-16(13,9-7-14(18)19)11-17-15(20)12-5-4-10-21-12/h4-5,10,13H,2-3,6-9,11H2,1H3,(H,17,20)/t13-,16+/m1/s1. The highest BCUT2D eigenvalue weighted by Crippen LogP contribution is 2.47. The van der Waals surface area contributed by atoms with E-state index in [1.54, 1.807) is 0 Å². The summed E-state index contributed by atoms with van der Waals surface area (Å²) in [5.74, 6) is 0.301. The fraction of sp³-hybridized carbons (Fsp3) is 0.625. The quantitative estimate of drug-likeness (QED) is 0.929. The molecule has 0 unspecified atom stereocenters. The van der Waals surface area contributed by atoms with Crippen LogP contribution in [0.3, 0.4) is 0 Å². The van der Waals surface area contributed by atoms with E-state index in [1.807, 2.05) is 22.4 Å². The zero-order valence-electron chi connectivity index (χ0n) is 12.4. The lowest BCUT2D eigenvalue weighted by Crippen LogP contribution is -2.55. The Labute approximate surface area is 129 Å². The molecule has 2 atom stereocenters. The lowest BCUT2D eigenvalue weighted by atomic mass is 9.74. The van der Waals surface area contributed by atoms with Gasteiger partial charge >= 0.3 is 0 Å². The average molecular weight is 306 g/mol. The van der Waals surface area contributed by atoms with E-state index in [9.17, 15) is 9.59 Å². The minimum Gasteiger partial charge on any atom is -0.351 e. The first-order valence-corrected chi connectivity index (χ1v) is 8.65. The molecule has 114 valence electrons. The van der Waals surface area contributed by atoms with Crippen molar-refractivity contribution in [3.8, 4) is 0 Å². The molecular formula is C16H22N2O2S. The Morgan fingerprint density at radius 1 is 1.52 bits per heavy atom. The second-order valence-electron chi connectivity index (χ2n) is 6.11. The van der Waals surface area contributed by atoms with Gasteiger partial charge in [-0.3, -0.25) is 9.59 Å². The van der Waals surface area contributed by atoms with Gasteiger partial charge in [-0.15, -0.1) is 11.3 Å². The maximum absolute atomic E-state index is 12.2. The molecule has 5 heteroatoms. The molecule has 21 heavy (non-hydrogen) atoms. The first-order valence-electron chi connectivity index (χ1n) is 7.77. The Hall–Kier alpha value is -1.36. The number of nitrogens with zero attached hydrogens (tertiary/aromatic N) is 1. The Morgan fingerprint density at radius 2 is 2.38 bits per heavy atom. The first kappa shape index (κ1) is 14.6. The molecule has 0 aromatic carbocycles. The monoisotopic (exact) mass is 306 g/mol. The molecule has 1 saturated carbocycles. The molecule has 1 aromatic rings. The largest absolute Gasteiger partial charge is 0.351 e. The molecule has 1 aliphatic heterocycles. The summed E-state index contributed by atoms with van der Waals surface area (Å²) >= 11 is 1.47. The highest BCUT2D eigenvalue weighted by Gasteiger charge is 2.49. The lowest BCUT2D eigenvalue weighted by Gasteiger charge is -2.46. The third-order valence-corrected chi connectivity index (χ3v) is 5.95. The molecule has 1 saturated heterocycles. The molecule has 2 fully saturated rings. The van der Waals surface area contributed by atoms with Crippen molar-refractivity contribution < 1.29 is 9.59 Å². The fourth-order valence-electron chi connectivity index (χ4n) is 4.01. The Bertz CT molecular complexity index is 528. The molecule has 3 rings (SSSR count). The summed E-state index contributed by atoms with van der Waals surface area (Å²) in [7, 11) is 0. The number of likely N-dealkylation sites (tertiary alicyclic amines) is 1. The van der Waals surface area contributed by atoms with E-state index in [0.717, 1.165) is 37.1 Å². The zero-order chi connectivity index (χ0) is 14.9. The predicted octanol–water partition coefficient (Wildman–Crippen LogP) is 2.66. The number of fused-ring (bicyclic) bond motifs is 1. The van der Waals surface area contributed by atoms with Gasteiger partial charge in [-0.2, -0.15) is 0 Å². The molecule has 1 N–H and O–H groups in total. The number of hydrogen-bond donors (Lipinski definition) is 1. The van der Waals surface area contributed by atoms with Gasteiger partial charge in [0.25, 0.3) is 5.91 Å². The number of nitrogens with one attached hydrogen (secondary N) is 1. The maximum atomic E-state index is 12.2. The average Bonchev–Trinajstić information content (AvgIpc) is 3.15. The van der Waals surface area contributed by atoms with Crippen LogP contribution in [0.2, 0.25) is 0 Å². The lowest BCUT2D eigenvalue weighted by molar-refractivity contribution is -0.141. The van der Waals surface area contributed by atoms with Gasteiger partial charge in [-0.05, 0) is 37.6 Å². The normalized spacial score (nSPS) is 28.5. The van der Waals surface area contributed by atoms with Crippen LogP contribution in [0.5, 0.6) is 0 Å². The molecule has 1 aliphatic carbocycles.